The molecule has 1 aliphatic rings. The van der Waals surface area contributed by atoms with Gasteiger partial charge in [-0.15, -0.1) is 11.3 Å². The van der Waals surface area contributed by atoms with Gasteiger partial charge in [0, 0.05) is 35.4 Å². The third-order valence-corrected chi connectivity index (χ3v) is 6.11. The molecule has 6 heteroatoms. The summed E-state index contributed by atoms with van der Waals surface area (Å²) in [6.07, 6.45) is 1.29. The maximum absolute atomic E-state index is 12.3. The van der Waals surface area contributed by atoms with E-state index < -0.39 is 0 Å². The van der Waals surface area contributed by atoms with Crippen LogP contribution in [0.2, 0.25) is 0 Å². The minimum atomic E-state index is -0.0236. The van der Waals surface area contributed by atoms with Gasteiger partial charge < -0.3 is 5.32 Å². The summed E-state index contributed by atoms with van der Waals surface area (Å²) in [4.78, 5) is 20.7. The molecule has 4 rings (SSSR count). The van der Waals surface area contributed by atoms with Crippen LogP contribution in [0.25, 0.3) is 0 Å². The van der Waals surface area contributed by atoms with Gasteiger partial charge in [0.05, 0.1) is 12.1 Å². The van der Waals surface area contributed by atoms with E-state index >= 15 is 0 Å². The number of amides is 1. The summed E-state index contributed by atoms with van der Waals surface area (Å²) in [6.45, 7) is 2.84. The molecule has 4 nitrogen and oxygen atoms in total. The van der Waals surface area contributed by atoms with Gasteiger partial charge in [-0.1, -0.05) is 58.4 Å². The molecule has 2 aromatic carbocycles. The number of nitrogens with zero attached hydrogens (tertiary/aromatic N) is 2. The first kappa shape index (κ1) is 18.3. The average Bonchev–Trinajstić information content (AvgIpc) is 3.06. The van der Waals surface area contributed by atoms with Crippen molar-refractivity contribution >= 4 is 38.3 Å². The molecular weight excluding hydrogens is 422 g/mol. The summed E-state index contributed by atoms with van der Waals surface area (Å²) in [7, 11) is 0. The van der Waals surface area contributed by atoms with Gasteiger partial charge in [-0.25, -0.2) is 4.98 Å². The minimum absolute atomic E-state index is 0.0236. The highest BCUT2D eigenvalue weighted by molar-refractivity contribution is 9.10. The van der Waals surface area contributed by atoms with E-state index in [4.69, 9.17) is 0 Å². The second-order valence-corrected chi connectivity index (χ2v) is 8.69. The first-order valence-electron chi connectivity index (χ1n) is 8.95. The fourth-order valence-electron chi connectivity index (χ4n) is 3.23. The van der Waals surface area contributed by atoms with Crippen LogP contribution in [-0.2, 0) is 30.7 Å². The van der Waals surface area contributed by atoms with Crippen molar-refractivity contribution in [2.24, 2.45) is 0 Å². The van der Waals surface area contributed by atoms with Crippen molar-refractivity contribution in [3.63, 3.8) is 0 Å². The Balaban J connectivity index is 1.36. The smallest absolute Gasteiger partial charge is 0.230 e. The van der Waals surface area contributed by atoms with Crippen molar-refractivity contribution in [3.8, 4) is 0 Å². The largest absolute Gasteiger partial charge is 0.302 e. The summed E-state index contributed by atoms with van der Waals surface area (Å²) >= 11 is 5.01. The second-order valence-electron chi connectivity index (χ2n) is 6.69. The highest BCUT2D eigenvalue weighted by Crippen LogP contribution is 2.29. The van der Waals surface area contributed by atoms with Crippen LogP contribution in [0.3, 0.4) is 0 Å². The number of fused-ring (bicyclic) bond motifs is 1. The first-order valence-corrected chi connectivity index (χ1v) is 10.6. The SMILES string of the molecule is O=C(Cc1ccc(Br)cc1)Nc1nc2c(s1)CN(Cc1ccccc1)CC2. The number of hydrogen-bond donors (Lipinski definition) is 1. The number of anilines is 1. The molecule has 1 aliphatic heterocycles. The van der Waals surface area contributed by atoms with E-state index in [1.807, 2.05) is 30.3 Å². The Hall–Kier alpha value is -2.02. The van der Waals surface area contributed by atoms with Crippen LogP contribution in [0.15, 0.2) is 59.1 Å². The van der Waals surface area contributed by atoms with Crippen LogP contribution in [-0.4, -0.2) is 22.3 Å². The number of thiazole rings is 1. The molecule has 0 unspecified atom stereocenters. The van der Waals surface area contributed by atoms with Crippen LogP contribution < -0.4 is 5.32 Å². The minimum Gasteiger partial charge on any atom is -0.302 e. The van der Waals surface area contributed by atoms with Gasteiger partial charge in [0.25, 0.3) is 0 Å². The molecule has 0 radical (unpaired) electrons. The zero-order chi connectivity index (χ0) is 18.6. The molecule has 27 heavy (non-hydrogen) atoms. The van der Waals surface area contributed by atoms with E-state index in [2.05, 4.69) is 55.4 Å². The highest BCUT2D eigenvalue weighted by atomic mass is 79.9. The third-order valence-electron chi connectivity index (χ3n) is 4.58. The lowest BCUT2D eigenvalue weighted by Gasteiger charge is -2.25. The fourth-order valence-corrected chi connectivity index (χ4v) is 4.56. The maximum atomic E-state index is 12.3. The van der Waals surface area contributed by atoms with Gasteiger partial charge in [0.1, 0.15) is 0 Å². The summed E-state index contributed by atoms with van der Waals surface area (Å²) < 4.78 is 1.01. The van der Waals surface area contributed by atoms with Crippen molar-refractivity contribution in [2.75, 3.05) is 11.9 Å². The lowest BCUT2D eigenvalue weighted by Crippen LogP contribution is -2.29. The molecule has 0 fully saturated rings. The fraction of sp³-hybridized carbons (Fsp3) is 0.238. The van der Waals surface area contributed by atoms with Gasteiger partial charge in [0.15, 0.2) is 5.13 Å². The quantitative estimate of drug-likeness (QED) is 0.626. The molecule has 138 valence electrons. The molecule has 1 amide bonds. The predicted molar refractivity (Wildman–Crippen MR) is 113 cm³/mol. The summed E-state index contributed by atoms with van der Waals surface area (Å²) in [6, 6.07) is 18.3. The lowest BCUT2D eigenvalue weighted by molar-refractivity contribution is -0.115. The Kier molecular flexibility index (Phi) is 5.66. The van der Waals surface area contributed by atoms with Crippen molar-refractivity contribution in [2.45, 2.75) is 25.9 Å². The number of carbonyl (C=O) groups excluding carboxylic acids is 1. The molecule has 1 aromatic heterocycles. The number of aromatic nitrogens is 1. The number of rotatable bonds is 5. The Morgan fingerprint density at radius 3 is 2.67 bits per heavy atom. The standard InChI is InChI=1S/C21H20BrN3OS/c22-17-8-6-15(7-9-17)12-20(26)24-21-23-18-10-11-25(14-19(18)27-21)13-16-4-2-1-3-5-16/h1-9H,10-14H2,(H,23,24,26). The molecule has 0 saturated heterocycles. The Labute approximate surface area is 171 Å². The van der Waals surface area contributed by atoms with Gasteiger partial charge in [-0.3, -0.25) is 9.69 Å². The van der Waals surface area contributed by atoms with E-state index in [1.165, 1.54) is 10.4 Å². The van der Waals surface area contributed by atoms with Crippen molar-refractivity contribution in [1.29, 1.82) is 0 Å². The first-order chi connectivity index (χ1) is 13.2. The Morgan fingerprint density at radius 2 is 1.89 bits per heavy atom. The second kappa shape index (κ2) is 8.33. The summed E-state index contributed by atoms with van der Waals surface area (Å²) in [5.74, 6) is -0.0236. The van der Waals surface area contributed by atoms with Crippen molar-refractivity contribution in [3.05, 3.63) is 80.8 Å². The van der Waals surface area contributed by atoms with Crippen molar-refractivity contribution < 1.29 is 4.79 Å². The molecule has 1 N–H and O–H groups in total. The summed E-state index contributed by atoms with van der Waals surface area (Å²) in [5, 5.41) is 3.68. The van der Waals surface area contributed by atoms with Gasteiger partial charge in [0.2, 0.25) is 5.91 Å². The molecule has 3 aromatic rings. The average molecular weight is 442 g/mol. The van der Waals surface area contributed by atoms with Crippen LogP contribution in [0.5, 0.6) is 0 Å². The van der Waals surface area contributed by atoms with E-state index in [0.717, 1.165) is 41.8 Å². The Morgan fingerprint density at radius 1 is 1.11 bits per heavy atom. The number of nitrogens with one attached hydrogen (secondary N) is 1. The molecule has 0 atom stereocenters. The molecule has 0 aliphatic carbocycles. The molecular formula is C21H20BrN3OS. The molecule has 0 saturated carbocycles. The molecule has 0 spiro atoms. The van der Waals surface area contributed by atoms with Crippen LogP contribution in [0.1, 0.15) is 21.7 Å². The molecule has 2 heterocycles. The van der Waals surface area contributed by atoms with Crippen LogP contribution >= 0.6 is 27.3 Å². The predicted octanol–water partition coefficient (Wildman–Crippen LogP) is 4.65. The zero-order valence-electron chi connectivity index (χ0n) is 14.8. The summed E-state index contributed by atoms with van der Waals surface area (Å²) in [5.41, 5.74) is 3.45. The van der Waals surface area contributed by atoms with Crippen LogP contribution in [0, 0.1) is 0 Å². The maximum Gasteiger partial charge on any atom is 0.230 e. The van der Waals surface area contributed by atoms with Gasteiger partial charge in [-0.2, -0.15) is 0 Å². The number of carbonyl (C=O) groups is 1. The topological polar surface area (TPSA) is 45.2 Å². The Bertz CT molecular complexity index is 924. The van der Waals surface area contributed by atoms with Crippen LogP contribution in [0.4, 0.5) is 5.13 Å². The van der Waals surface area contributed by atoms with E-state index in [0.29, 0.717) is 11.6 Å². The monoisotopic (exact) mass is 441 g/mol. The number of benzene rings is 2. The van der Waals surface area contributed by atoms with Gasteiger partial charge in [-0.05, 0) is 23.3 Å². The van der Waals surface area contributed by atoms with Crippen molar-refractivity contribution in [1.82, 2.24) is 9.88 Å². The van der Waals surface area contributed by atoms with Gasteiger partial charge >= 0.3 is 0 Å². The number of hydrogen-bond acceptors (Lipinski definition) is 4. The lowest BCUT2D eigenvalue weighted by atomic mass is 10.1. The normalized spacial score (nSPS) is 14.0. The number of halogens is 1. The van der Waals surface area contributed by atoms with E-state index in [1.54, 1.807) is 11.3 Å². The zero-order valence-corrected chi connectivity index (χ0v) is 17.2. The highest BCUT2D eigenvalue weighted by Gasteiger charge is 2.21. The van der Waals surface area contributed by atoms with E-state index in [9.17, 15) is 4.79 Å². The molecule has 0 bridgehead atoms. The van der Waals surface area contributed by atoms with E-state index in [-0.39, 0.29) is 5.91 Å². The third kappa shape index (κ3) is 4.83.